The van der Waals surface area contributed by atoms with E-state index in [1.165, 1.54) is 31.2 Å². The highest BCUT2D eigenvalue weighted by Crippen LogP contribution is 2.17. The second kappa shape index (κ2) is 7.58. The van der Waals surface area contributed by atoms with E-state index in [1.54, 1.807) is 0 Å². The first-order chi connectivity index (χ1) is 9.70. The molecule has 20 heavy (non-hydrogen) atoms. The normalized spacial score (nSPS) is 19.4. The van der Waals surface area contributed by atoms with Crippen molar-refractivity contribution in [1.82, 2.24) is 9.97 Å². The van der Waals surface area contributed by atoms with Gasteiger partial charge in [-0.3, -0.25) is 0 Å². The summed E-state index contributed by atoms with van der Waals surface area (Å²) in [4.78, 5) is 11.5. The number of nitrogens with zero attached hydrogens (tertiary/aromatic N) is 3. The highest BCUT2D eigenvalue weighted by atomic mass is 15.3. The van der Waals surface area contributed by atoms with Crippen LogP contribution in [0, 0.1) is 6.92 Å². The molecule has 4 nitrogen and oxygen atoms in total. The SMILES string of the molecule is CCCCCCc1cnc(N2CCCC(N)C2)nc1C. The Morgan fingerprint density at radius 3 is 2.90 bits per heavy atom. The van der Waals surface area contributed by atoms with Crippen LogP contribution in [0.1, 0.15) is 56.7 Å². The predicted molar refractivity (Wildman–Crippen MR) is 84.0 cm³/mol. The molecule has 112 valence electrons. The van der Waals surface area contributed by atoms with Crippen LogP contribution >= 0.6 is 0 Å². The molecule has 2 N–H and O–H groups in total. The van der Waals surface area contributed by atoms with Crippen molar-refractivity contribution in [2.24, 2.45) is 5.73 Å². The van der Waals surface area contributed by atoms with Gasteiger partial charge < -0.3 is 10.6 Å². The van der Waals surface area contributed by atoms with Gasteiger partial charge in [-0.05, 0) is 38.2 Å². The monoisotopic (exact) mass is 276 g/mol. The molecule has 0 radical (unpaired) electrons. The smallest absolute Gasteiger partial charge is 0.225 e. The van der Waals surface area contributed by atoms with Crippen LogP contribution in [0.2, 0.25) is 0 Å². The molecule has 1 aromatic rings. The van der Waals surface area contributed by atoms with E-state index >= 15 is 0 Å². The van der Waals surface area contributed by atoms with Crippen molar-refractivity contribution in [3.05, 3.63) is 17.5 Å². The van der Waals surface area contributed by atoms with Gasteiger partial charge in [-0.2, -0.15) is 0 Å². The molecule has 0 spiro atoms. The van der Waals surface area contributed by atoms with Gasteiger partial charge in [-0.15, -0.1) is 0 Å². The molecule has 1 fully saturated rings. The van der Waals surface area contributed by atoms with E-state index in [-0.39, 0.29) is 6.04 Å². The Morgan fingerprint density at radius 1 is 1.35 bits per heavy atom. The minimum atomic E-state index is 0.265. The molecule has 1 aromatic heterocycles. The molecule has 4 heteroatoms. The van der Waals surface area contributed by atoms with Gasteiger partial charge in [0.2, 0.25) is 5.95 Å². The summed E-state index contributed by atoms with van der Waals surface area (Å²) < 4.78 is 0. The van der Waals surface area contributed by atoms with Gasteiger partial charge in [0.15, 0.2) is 0 Å². The standard InChI is InChI=1S/C16H28N4/c1-3-4-5-6-8-14-11-18-16(19-13(14)2)20-10-7-9-15(17)12-20/h11,15H,3-10,12,17H2,1-2H3. The Balaban J connectivity index is 1.94. The number of rotatable bonds is 6. The third-order valence-corrected chi connectivity index (χ3v) is 4.11. The van der Waals surface area contributed by atoms with Crippen molar-refractivity contribution in [1.29, 1.82) is 0 Å². The summed E-state index contributed by atoms with van der Waals surface area (Å²) in [6.07, 6.45) is 10.5. The quantitative estimate of drug-likeness (QED) is 0.812. The van der Waals surface area contributed by atoms with Gasteiger partial charge in [-0.25, -0.2) is 9.97 Å². The van der Waals surface area contributed by atoms with Crippen molar-refractivity contribution < 1.29 is 0 Å². The minimum absolute atomic E-state index is 0.265. The molecule has 0 aromatic carbocycles. The lowest BCUT2D eigenvalue weighted by atomic mass is 10.1. The number of hydrogen-bond donors (Lipinski definition) is 1. The first-order valence-electron chi connectivity index (χ1n) is 8.03. The average molecular weight is 276 g/mol. The first kappa shape index (κ1) is 15.2. The van der Waals surface area contributed by atoms with Gasteiger partial charge >= 0.3 is 0 Å². The number of aryl methyl sites for hydroxylation is 2. The Bertz CT molecular complexity index is 419. The third kappa shape index (κ3) is 4.17. The molecule has 2 rings (SSSR count). The molecule has 0 saturated carbocycles. The van der Waals surface area contributed by atoms with Crippen LogP contribution in [0.4, 0.5) is 5.95 Å². The fourth-order valence-electron chi connectivity index (χ4n) is 2.81. The summed E-state index contributed by atoms with van der Waals surface area (Å²) in [6, 6.07) is 0.265. The van der Waals surface area contributed by atoms with Gasteiger partial charge in [0.1, 0.15) is 0 Å². The number of anilines is 1. The van der Waals surface area contributed by atoms with Crippen molar-refractivity contribution in [3.8, 4) is 0 Å². The lowest BCUT2D eigenvalue weighted by Gasteiger charge is -2.30. The summed E-state index contributed by atoms with van der Waals surface area (Å²) in [5, 5.41) is 0. The molecule has 2 heterocycles. The fourth-order valence-corrected chi connectivity index (χ4v) is 2.81. The van der Waals surface area contributed by atoms with Gasteiger partial charge in [-0.1, -0.05) is 26.2 Å². The van der Waals surface area contributed by atoms with Gasteiger partial charge in [0, 0.05) is 31.0 Å². The summed E-state index contributed by atoms with van der Waals surface area (Å²) in [6.45, 7) is 6.26. The van der Waals surface area contributed by atoms with E-state index in [4.69, 9.17) is 5.73 Å². The van der Waals surface area contributed by atoms with Crippen LogP contribution in [0.15, 0.2) is 6.20 Å². The maximum atomic E-state index is 6.03. The van der Waals surface area contributed by atoms with Crippen molar-refractivity contribution >= 4 is 5.95 Å². The zero-order chi connectivity index (χ0) is 14.4. The number of hydrogen-bond acceptors (Lipinski definition) is 4. The maximum absolute atomic E-state index is 6.03. The second-order valence-corrected chi connectivity index (χ2v) is 5.94. The van der Waals surface area contributed by atoms with Crippen molar-refractivity contribution in [2.45, 2.75) is 64.8 Å². The number of nitrogens with two attached hydrogens (primary N) is 1. The summed E-state index contributed by atoms with van der Waals surface area (Å²) in [7, 11) is 0. The molecule has 1 atom stereocenters. The molecule has 1 saturated heterocycles. The molecular weight excluding hydrogens is 248 g/mol. The number of piperidine rings is 1. The fraction of sp³-hybridized carbons (Fsp3) is 0.750. The Kier molecular flexibility index (Phi) is 5.77. The van der Waals surface area contributed by atoms with Crippen LogP contribution in [0.3, 0.4) is 0 Å². The molecular formula is C16H28N4. The number of aromatic nitrogens is 2. The molecule has 1 aliphatic heterocycles. The summed E-state index contributed by atoms with van der Waals surface area (Å²) in [5.41, 5.74) is 8.45. The van der Waals surface area contributed by atoms with Gasteiger partial charge in [0.25, 0.3) is 0 Å². The Morgan fingerprint density at radius 2 is 2.20 bits per heavy atom. The van der Waals surface area contributed by atoms with Crippen LogP contribution in [0.25, 0.3) is 0 Å². The third-order valence-electron chi connectivity index (χ3n) is 4.11. The molecule has 0 amide bonds. The van der Waals surface area contributed by atoms with E-state index in [1.807, 2.05) is 6.20 Å². The Labute approximate surface area is 122 Å². The lowest BCUT2D eigenvalue weighted by Crippen LogP contribution is -2.43. The highest BCUT2D eigenvalue weighted by molar-refractivity contribution is 5.34. The van der Waals surface area contributed by atoms with Crippen molar-refractivity contribution in [2.75, 3.05) is 18.0 Å². The second-order valence-electron chi connectivity index (χ2n) is 5.94. The van der Waals surface area contributed by atoms with Crippen LogP contribution < -0.4 is 10.6 Å². The van der Waals surface area contributed by atoms with Crippen LogP contribution in [-0.2, 0) is 6.42 Å². The summed E-state index contributed by atoms with van der Waals surface area (Å²) in [5.74, 6) is 0.856. The summed E-state index contributed by atoms with van der Waals surface area (Å²) >= 11 is 0. The van der Waals surface area contributed by atoms with E-state index in [2.05, 4.69) is 28.7 Å². The molecule has 1 aliphatic rings. The predicted octanol–water partition coefficient (Wildman–Crippen LogP) is 2.84. The van der Waals surface area contributed by atoms with Gasteiger partial charge in [0.05, 0.1) is 0 Å². The molecule has 0 bridgehead atoms. The average Bonchev–Trinajstić information content (AvgIpc) is 2.45. The first-order valence-corrected chi connectivity index (χ1v) is 8.03. The maximum Gasteiger partial charge on any atom is 0.225 e. The topological polar surface area (TPSA) is 55.0 Å². The van der Waals surface area contributed by atoms with E-state index in [0.29, 0.717) is 0 Å². The minimum Gasteiger partial charge on any atom is -0.339 e. The van der Waals surface area contributed by atoms with E-state index in [9.17, 15) is 0 Å². The van der Waals surface area contributed by atoms with Crippen LogP contribution in [0.5, 0.6) is 0 Å². The largest absolute Gasteiger partial charge is 0.339 e. The Hall–Kier alpha value is -1.16. The molecule has 0 aliphatic carbocycles. The molecule has 1 unspecified atom stereocenters. The zero-order valence-corrected chi connectivity index (χ0v) is 12.9. The zero-order valence-electron chi connectivity index (χ0n) is 12.9. The van der Waals surface area contributed by atoms with E-state index in [0.717, 1.165) is 44.0 Å². The highest BCUT2D eigenvalue weighted by Gasteiger charge is 2.19. The number of unbranched alkanes of at least 4 members (excludes halogenated alkanes) is 3. The van der Waals surface area contributed by atoms with Crippen molar-refractivity contribution in [3.63, 3.8) is 0 Å². The lowest BCUT2D eigenvalue weighted by molar-refractivity contribution is 0.499. The van der Waals surface area contributed by atoms with Crippen LogP contribution in [-0.4, -0.2) is 29.1 Å². The van der Waals surface area contributed by atoms with E-state index < -0.39 is 0 Å².